The van der Waals surface area contributed by atoms with Gasteiger partial charge >= 0.3 is 5.97 Å². The van der Waals surface area contributed by atoms with Crippen molar-refractivity contribution in [1.82, 2.24) is 0 Å². The van der Waals surface area contributed by atoms with E-state index < -0.39 is 6.04 Å². The maximum absolute atomic E-state index is 11.7. The molecule has 1 aromatic carbocycles. The quantitative estimate of drug-likeness (QED) is 0.608. The Morgan fingerprint density at radius 3 is 2.47 bits per heavy atom. The van der Waals surface area contributed by atoms with E-state index >= 15 is 0 Å². The van der Waals surface area contributed by atoms with Crippen LogP contribution < -0.4 is 5.30 Å². The molecule has 0 saturated heterocycles. The highest BCUT2D eigenvalue weighted by atomic mass is 32.4. The first-order valence-electron chi connectivity index (χ1n) is 5.93. The van der Waals surface area contributed by atoms with Gasteiger partial charge in [0.15, 0.2) is 0 Å². The summed E-state index contributed by atoms with van der Waals surface area (Å²) in [5.41, 5.74) is 0.612. The predicted molar refractivity (Wildman–Crippen MR) is 77.4 cm³/mol. The maximum Gasteiger partial charge on any atom is 0.338 e. The molecule has 0 aliphatic heterocycles. The molecule has 0 unspecified atom stereocenters. The number of hydrogen-bond acceptors (Lipinski definition) is 3. The van der Waals surface area contributed by atoms with E-state index in [-0.39, 0.29) is 5.97 Å². The Labute approximate surface area is 108 Å². The molecular weight excluding hydrogens is 251 g/mol. The Morgan fingerprint density at radius 1 is 1.29 bits per heavy atom. The van der Waals surface area contributed by atoms with Gasteiger partial charge in [0.2, 0.25) is 0 Å². The molecule has 94 valence electrons. The monoisotopic (exact) mass is 270 g/mol. The second kappa shape index (κ2) is 6.32. The molecule has 0 radical (unpaired) electrons. The third kappa shape index (κ3) is 3.40. The number of ether oxygens (including phenoxy) is 1. The molecule has 4 heteroatoms. The number of rotatable bonds is 5. The highest BCUT2D eigenvalue weighted by Gasteiger charge is 2.16. The van der Waals surface area contributed by atoms with Crippen molar-refractivity contribution in [2.24, 2.45) is 0 Å². The zero-order valence-corrected chi connectivity index (χ0v) is 12.3. The van der Waals surface area contributed by atoms with Crippen LogP contribution in [0.4, 0.5) is 0 Å². The highest BCUT2D eigenvalue weighted by molar-refractivity contribution is 8.18. The molecule has 0 saturated carbocycles. The lowest BCUT2D eigenvalue weighted by Gasteiger charge is -2.19. The topological polar surface area (TPSA) is 26.3 Å². The zero-order valence-electron chi connectivity index (χ0n) is 10.6. The van der Waals surface area contributed by atoms with Crippen molar-refractivity contribution in [3.05, 3.63) is 29.8 Å². The number of esters is 1. The Bertz CT molecular complexity index is 435. The average molecular weight is 270 g/mol. The van der Waals surface area contributed by atoms with Crippen LogP contribution in [0.15, 0.2) is 24.3 Å². The van der Waals surface area contributed by atoms with E-state index in [1.807, 2.05) is 25.1 Å². The summed E-state index contributed by atoms with van der Waals surface area (Å²) in [6.07, 6.45) is 1.98. The smallest absolute Gasteiger partial charge is 0.338 e. The van der Waals surface area contributed by atoms with Gasteiger partial charge in [-0.05, 0) is 42.7 Å². The second-order valence-corrected chi connectivity index (χ2v) is 9.45. The van der Waals surface area contributed by atoms with Crippen molar-refractivity contribution in [3.63, 3.8) is 0 Å². The normalized spacial score (nSPS) is 11.2. The molecule has 0 aliphatic rings. The van der Waals surface area contributed by atoms with Crippen molar-refractivity contribution < 1.29 is 9.53 Å². The van der Waals surface area contributed by atoms with E-state index in [1.54, 1.807) is 6.07 Å². The Balaban J connectivity index is 3.09. The van der Waals surface area contributed by atoms with Crippen molar-refractivity contribution >= 4 is 29.1 Å². The highest BCUT2D eigenvalue weighted by Crippen LogP contribution is 2.43. The first kappa shape index (κ1) is 14.4. The van der Waals surface area contributed by atoms with Gasteiger partial charge < -0.3 is 4.74 Å². The number of benzene rings is 1. The Hall–Kier alpha value is -0.660. The van der Waals surface area contributed by atoms with Crippen LogP contribution in [-0.2, 0) is 16.5 Å². The second-order valence-electron chi connectivity index (χ2n) is 3.79. The number of carbonyl (C=O) groups excluding carboxylic acids is 1. The molecule has 17 heavy (non-hydrogen) atoms. The van der Waals surface area contributed by atoms with E-state index in [0.717, 1.165) is 17.6 Å². The van der Waals surface area contributed by atoms with E-state index in [1.165, 1.54) is 0 Å². The van der Waals surface area contributed by atoms with Crippen molar-refractivity contribution in [2.75, 3.05) is 18.9 Å². The van der Waals surface area contributed by atoms with Gasteiger partial charge in [0.1, 0.15) is 0 Å². The average Bonchev–Trinajstić information content (AvgIpc) is 2.38. The van der Waals surface area contributed by atoms with Gasteiger partial charge in [-0.2, -0.15) is 0 Å². The summed E-state index contributed by atoms with van der Waals surface area (Å²) in [4.78, 5) is 11.7. The van der Waals surface area contributed by atoms with Gasteiger partial charge in [0, 0.05) is 0 Å². The third-order valence-electron chi connectivity index (χ3n) is 2.85. The SMILES string of the molecule is CCOC(=O)c1cccc(P(=S)(CC)CC)c1. The van der Waals surface area contributed by atoms with Crippen LogP contribution in [-0.4, -0.2) is 24.9 Å². The Kier molecular flexibility index (Phi) is 5.35. The first-order valence-corrected chi connectivity index (χ1v) is 9.10. The molecule has 0 fully saturated rings. The Morgan fingerprint density at radius 2 is 1.94 bits per heavy atom. The molecule has 1 rings (SSSR count). The number of carbonyl (C=O) groups is 1. The fourth-order valence-corrected chi connectivity index (χ4v) is 3.94. The van der Waals surface area contributed by atoms with Crippen molar-refractivity contribution in [2.45, 2.75) is 20.8 Å². The molecule has 0 aliphatic carbocycles. The van der Waals surface area contributed by atoms with Crippen LogP contribution in [0.2, 0.25) is 0 Å². The van der Waals surface area contributed by atoms with Crippen LogP contribution >= 0.6 is 6.04 Å². The van der Waals surface area contributed by atoms with E-state index in [2.05, 4.69) is 13.8 Å². The lowest BCUT2D eigenvalue weighted by molar-refractivity contribution is 0.0526. The lowest BCUT2D eigenvalue weighted by atomic mass is 10.2. The lowest BCUT2D eigenvalue weighted by Crippen LogP contribution is -2.12. The van der Waals surface area contributed by atoms with Gasteiger partial charge in [-0.25, -0.2) is 4.79 Å². The molecule has 0 bridgehead atoms. The fraction of sp³-hybridized carbons (Fsp3) is 0.462. The summed E-state index contributed by atoms with van der Waals surface area (Å²) in [5.74, 6) is -0.261. The molecule has 2 nitrogen and oxygen atoms in total. The summed E-state index contributed by atoms with van der Waals surface area (Å²) in [6.45, 7) is 6.46. The van der Waals surface area contributed by atoms with Crippen LogP contribution in [0.25, 0.3) is 0 Å². The van der Waals surface area contributed by atoms with Crippen LogP contribution in [0, 0.1) is 0 Å². The van der Waals surface area contributed by atoms with Crippen LogP contribution in [0.1, 0.15) is 31.1 Å². The minimum absolute atomic E-state index is 0.261. The van der Waals surface area contributed by atoms with Crippen molar-refractivity contribution in [3.8, 4) is 0 Å². The van der Waals surface area contributed by atoms with E-state index in [9.17, 15) is 4.79 Å². The van der Waals surface area contributed by atoms with Gasteiger partial charge in [0.25, 0.3) is 0 Å². The number of hydrogen-bond donors (Lipinski definition) is 0. The maximum atomic E-state index is 11.7. The molecule has 0 spiro atoms. The standard InChI is InChI=1S/C13H19O2PS/c1-4-15-13(14)11-8-7-9-12(10-11)16(17,5-2)6-3/h7-10H,4-6H2,1-3H3. The van der Waals surface area contributed by atoms with Gasteiger partial charge in [-0.1, -0.05) is 37.8 Å². The molecular formula is C13H19O2PS. The van der Waals surface area contributed by atoms with Gasteiger partial charge in [-0.3, -0.25) is 0 Å². The van der Waals surface area contributed by atoms with Crippen LogP contribution in [0.5, 0.6) is 0 Å². The van der Waals surface area contributed by atoms with Crippen LogP contribution in [0.3, 0.4) is 0 Å². The summed E-state index contributed by atoms with van der Waals surface area (Å²) in [6, 6.07) is 6.13. The third-order valence-corrected chi connectivity index (χ3v) is 8.29. The molecule has 0 N–H and O–H groups in total. The fourth-order valence-electron chi connectivity index (χ4n) is 1.69. The first-order chi connectivity index (χ1) is 8.07. The van der Waals surface area contributed by atoms with Gasteiger partial charge in [0.05, 0.1) is 12.2 Å². The van der Waals surface area contributed by atoms with E-state index in [4.69, 9.17) is 16.5 Å². The molecule has 0 amide bonds. The summed E-state index contributed by atoms with van der Waals surface area (Å²) >= 11 is 5.74. The van der Waals surface area contributed by atoms with Gasteiger partial charge in [-0.15, -0.1) is 0 Å². The molecule has 0 aromatic heterocycles. The summed E-state index contributed by atoms with van der Waals surface area (Å²) < 4.78 is 5.00. The largest absolute Gasteiger partial charge is 0.462 e. The molecule has 1 aromatic rings. The summed E-state index contributed by atoms with van der Waals surface area (Å²) in [5, 5.41) is 1.14. The molecule has 0 heterocycles. The predicted octanol–water partition coefficient (Wildman–Crippen LogP) is 3.01. The van der Waals surface area contributed by atoms with Crippen molar-refractivity contribution in [1.29, 1.82) is 0 Å². The van der Waals surface area contributed by atoms with E-state index in [0.29, 0.717) is 12.2 Å². The minimum atomic E-state index is -1.49. The minimum Gasteiger partial charge on any atom is -0.462 e. The zero-order chi connectivity index (χ0) is 12.9. The summed E-state index contributed by atoms with van der Waals surface area (Å²) in [7, 11) is 0. The molecule has 0 atom stereocenters.